The number of nitrogens with two attached hydrogens (primary N) is 1. The second kappa shape index (κ2) is 7.09. The lowest BCUT2D eigenvalue weighted by Gasteiger charge is -2.32. The molecule has 1 aliphatic heterocycles. The average Bonchev–Trinajstić information content (AvgIpc) is 2.50. The van der Waals surface area contributed by atoms with Gasteiger partial charge < -0.3 is 10.5 Å². The predicted molar refractivity (Wildman–Crippen MR) is 94.4 cm³/mol. The van der Waals surface area contributed by atoms with Crippen molar-refractivity contribution in [3.63, 3.8) is 0 Å². The van der Waals surface area contributed by atoms with Gasteiger partial charge >= 0.3 is 0 Å². The highest BCUT2D eigenvalue weighted by Crippen LogP contribution is 2.36. The third-order valence-corrected chi connectivity index (χ3v) is 6.29. The van der Waals surface area contributed by atoms with E-state index in [1.165, 1.54) is 5.56 Å². The largest absolute Gasteiger partial charge is 0.489 e. The molecule has 1 saturated heterocycles. The van der Waals surface area contributed by atoms with Crippen LogP contribution in [0, 0.1) is 6.92 Å². The van der Waals surface area contributed by atoms with E-state index in [-0.39, 0.29) is 11.9 Å². The van der Waals surface area contributed by atoms with Crippen molar-refractivity contribution in [2.24, 2.45) is 0 Å². The molecule has 5 nitrogen and oxygen atoms in total. The summed E-state index contributed by atoms with van der Waals surface area (Å²) >= 11 is 0. The molecule has 0 aliphatic carbocycles. The molecule has 0 spiro atoms. The summed E-state index contributed by atoms with van der Waals surface area (Å²) < 4.78 is 31.4. The maximum atomic E-state index is 12.0. The van der Waals surface area contributed by atoms with Gasteiger partial charge in [0.15, 0.2) is 0 Å². The molecule has 1 aliphatic rings. The van der Waals surface area contributed by atoms with Gasteiger partial charge in [-0.1, -0.05) is 0 Å². The normalized spacial score (nSPS) is 17.6. The number of hydrogen-bond acceptors (Lipinski definition) is 4. The van der Waals surface area contributed by atoms with Gasteiger partial charge in [-0.3, -0.25) is 0 Å². The molecule has 6 heteroatoms. The standard InChI is InChI=1S/C17H28N2O3S/c1-5-23(20,21)19-8-6-14(7-9-19)15-11-17(22-12(2)3)16(18)10-13(15)4/h10-12,14H,5-9,18H2,1-4H3. The lowest BCUT2D eigenvalue weighted by molar-refractivity contribution is 0.243. The van der Waals surface area contributed by atoms with E-state index in [0.717, 1.165) is 24.2 Å². The van der Waals surface area contributed by atoms with Crippen LogP contribution in [-0.2, 0) is 10.0 Å². The van der Waals surface area contributed by atoms with Crippen LogP contribution in [0.5, 0.6) is 5.75 Å². The van der Waals surface area contributed by atoms with Gasteiger partial charge in [-0.15, -0.1) is 0 Å². The second-order valence-corrected chi connectivity index (χ2v) is 8.74. The Morgan fingerprint density at radius 3 is 2.43 bits per heavy atom. The van der Waals surface area contributed by atoms with Crippen LogP contribution < -0.4 is 10.5 Å². The SMILES string of the molecule is CCS(=O)(=O)N1CCC(c2cc(OC(C)C)c(N)cc2C)CC1. The van der Waals surface area contributed by atoms with Gasteiger partial charge in [0.1, 0.15) is 5.75 Å². The van der Waals surface area contributed by atoms with Gasteiger partial charge in [0.25, 0.3) is 0 Å². The fraction of sp³-hybridized carbons (Fsp3) is 0.647. The zero-order chi connectivity index (χ0) is 17.2. The summed E-state index contributed by atoms with van der Waals surface area (Å²) in [5.41, 5.74) is 9.08. The maximum Gasteiger partial charge on any atom is 0.213 e. The maximum absolute atomic E-state index is 12.0. The van der Waals surface area contributed by atoms with Crippen molar-refractivity contribution in [2.45, 2.75) is 52.6 Å². The molecule has 130 valence electrons. The topological polar surface area (TPSA) is 72.6 Å². The quantitative estimate of drug-likeness (QED) is 0.837. The Bertz CT molecular complexity index is 648. The van der Waals surface area contributed by atoms with Crippen LogP contribution in [0.25, 0.3) is 0 Å². The Balaban J connectivity index is 2.17. The van der Waals surface area contributed by atoms with Gasteiger partial charge in [-0.2, -0.15) is 0 Å². The zero-order valence-electron chi connectivity index (χ0n) is 14.5. The molecule has 0 aromatic heterocycles. The summed E-state index contributed by atoms with van der Waals surface area (Å²) in [6.07, 6.45) is 1.75. The Morgan fingerprint density at radius 1 is 1.30 bits per heavy atom. The highest BCUT2D eigenvalue weighted by molar-refractivity contribution is 7.89. The first-order valence-electron chi connectivity index (χ1n) is 8.29. The minimum absolute atomic E-state index is 0.0735. The number of anilines is 1. The highest BCUT2D eigenvalue weighted by Gasteiger charge is 2.28. The third-order valence-electron chi connectivity index (χ3n) is 4.41. The number of ether oxygens (including phenoxy) is 1. The number of sulfonamides is 1. The van der Waals surface area contributed by atoms with E-state index < -0.39 is 10.0 Å². The van der Waals surface area contributed by atoms with Crippen LogP contribution >= 0.6 is 0 Å². The Kier molecular flexibility index (Phi) is 5.57. The zero-order valence-corrected chi connectivity index (χ0v) is 15.3. The van der Waals surface area contributed by atoms with Crippen LogP contribution in [0.4, 0.5) is 5.69 Å². The van der Waals surface area contributed by atoms with E-state index in [0.29, 0.717) is 24.7 Å². The third kappa shape index (κ3) is 4.18. The minimum Gasteiger partial charge on any atom is -0.489 e. The molecule has 0 bridgehead atoms. The average molecular weight is 340 g/mol. The first-order chi connectivity index (χ1) is 10.7. The van der Waals surface area contributed by atoms with Crippen molar-refractivity contribution in [1.29, 1.82) is 0 Å². The van der Waals surface area contributed by atoms with Gasteiger partial charge in [-0.25, -0.2) is 12.7 Å². The van der Waals surface area contributed by atoms with Crippen molar-refractivity contribution in [3.8, 4) is 5.75 Å². The lowest BCUT2D eigenvalue weighted by atomic mass is 9.87. The first kappa shape index (κ1) is 18.1. The fourth-order valence-corrected chi connectivity index (χ4v) is 4.28. The molecule has 0 saturated carbocycles. The van der Waals surface area contributed by atoms with E-state index >= 15 is 0 Å². The predicted octanol–water partition coefficient (Wildman–Crippen LogP) is 2.89. The van der Waals surface area contributed by atoms with Crippen LogP contribution in [0.2, 0.25) is 0 Å². The highest BCUT2D eigenvalue weighted by atomic mass is 32.2. The van der Waals surface area contributed by atoms with Crippen molar-refractivity contribution in [3.05, 3.63) is 23.3 Å². The summed E-state index contributed by atoms with van der Waals surface area (Å²) in [6, 6.07) is 4.00. The molecule has 1 heterocycles. The molecule has 0 amide bonds. The van der Waals surface area contributed by atoms with Crippen molar-refractivity contribution in [1.82, 2.24) is 4.31 Å². The molecular weight excluding hydrogens is 312 g/mol. The summed E-state index contributed by atoms with van der Waals surface area (Å²) in [4.78, 5) is 0. The summed E-state index contributed by atoms with van der Waals surface area (Å²) in [5.74, 6) is 1.25. The molecule has 1 fully saturated rings. The number of nitrogen functional groups attached to an aromatic ring is 1. The fourth-order valence-electron chi connectivity index (χ4n) is 3.15. The number of nitrogens with zero attached hydrogens (tertiary/aromatic N) is 1. The second-order valence-electron chi connectivity index (χ2n) is 6.49. The number of hydrogen-bond donors (Lipinski definition) is 1. The summed E-state index contributed by atoms with van der Waals surface area (Å²) in [7, 11) is -3.08. The van der Waals surface area contributed by atoms with E-state index in [2.05, 4.69) is 6.92 Å². The number of benzene rings is 1. The number of aryl methyl sites for hydroxylation is 1. The van der Waals surface area contributed by atoms with Crippen LogP contribution in [0.15, 0.2) is 12.1 Å². The molecular formula is C17H28N2O3S. The number of piperidine rings is 1. The Morgan fingerprint density at radius 2 is 1.91 bits per heavy atom. The van der Waals surface area contributed by atoms with Crippen LogP contribution in [-0.4, -0.2) is 37.7 Å². The lowest BCUT2D eigenvalue weighted by Crippen LogP contribution is -2.38. The van der Waals surface area contributed by atoms with Gasteiger partial charge in [-0.05, 0) is 69.7 Å². The molecule has 1 aromatic rings. The van der Waals surface area contributed by atoms with Gasteiger partial charge in [0.2, 0.25) is 10.0 Å². The van der Waals surface area contributed by atoms with E-state index in [4.69, 9.17) is 10.5 Å². The molecule has 0 unspecified atom stereocenters. The van der Waals surface area contributed by atoms with Crippen LogP contribution in [0.3, 0.4) is 0 Å². The van der Waals surface area contributed by atoms with E-state index in [1.807, 2.05) is 26.0 Å². The molecule has 1 aromatic carbocycles. The van der Waals surface area contributed by atoms with E-state index in [9.17, 15) is 8.42 Å². The molecule has 2 rings (SSSR count). The number of rotatable bonds is 5. The first-order valence-corrected chi connectivity index (χ1v) is 9.90. The van der Waals surface area contributed by atoms with Crippen molar-refractivity contribution < 1.29 is 13.2 Å². The smallest absolute Gasteiger partial charge is 0.213 e. The molecule has 0 radical (unpaired) electrons. The molecule has 23 heavy (non-hydrogen) atoms. The van der Waals surface area contributed by atoms with Crippen LogP contribution in [0.1, 0.15) is 50.7 Å². The van der Waals surface area contributed by atoms with E-state index in [1.54, 1.807) is 11.2 Å². The van der Waals surface area contributed by atoms with Gasteiger partial charge in [0.05, 0.1) is 17.5 Å². The summed E-state index contributed by atoms with van der Waals surface area (Å²) in [5, 5.41) is 0. The Hall–Kier alpha value is -1.27. The molecule has 0 atom stereocenters. The van der Waals surface area contributed by atoms with Crippen molar-refractivity contribution >= 4 is 15.7 Å². The Labute approximate surface area is 139 Å². The van der Waals surface area contributed by atoms with Crippen molar-refractivity contribution in [2.75, 3.05) is 24.6 Å². The monoisotopic (exact) mass is 340 g/mol. The molecule has 2 N–H and O–H groups in total. The summed E-state index contributed by atoms with van der Waals surface area (Å²) in [6.45, 7) is 8.89. The minimum atomic E-state index is -3.08. The van der Waals surface area contributed by atoms with Gasteiger partial charge in [0, 0.05) is 13.1 Å².